The summed E-state index contributed by atoms with van der Waals surface area (Å²) in [6.07, 6.45) is 0.884. The molecule has 0 saturated carbocycles. The van der Waals surface area contributed by atoms with Gasteiger partial charge in [0.25, 0.3) is 0 Å². The summed E-state index contributed by atoms with van der Waals surface area (Å²) < 4.78 is 0. The Morgan fingerprint density at radius 2 is 1.82 bits per heavy atom. The van der Waals surface area contributed by atoms with Gasteiger partial charge in [-0.3, -0.25) is 9.69 Å². The van der Waals surface area contributed by atoms with E-state index in [0.29, 0.717) is 6.54 Å². The quantitative estimate of drug-likeness (QED) is 0.874. The molecule has 1 atom stereocenters. The maximum Gasteiger partial charge on any atom is 0.223 e. The first-order chi connectivity index (χ1) is 10.6. The van der Waals surface area contributed by atoms with Gasteiger partial charge in [-0.15, -0.1) is 0 Å². The van der Waals surface area contributed by atoms with E-state index in [1.165, 1.54) is 11.1 Å². The molecule has 1 aliphatic heterocycles. The molecule has 1 unspecified atom stereocenters. The maximum absolute atomic E-state index is 12.0. The second-order valence-corrected chi connectivity index (χ2v) is 6.38. The van der Waals surface area contributed by atoms with Gasteiger partial charge in [-0.1, -0.05) is 38.1 Å². The zero-order valence-electron chi connectivity index (χ0n) is 14.1. The Bertz CT molecular complexity index is 481. The monoisotopic (exact) mass is 303 g/mol. The van der Waals surface area contributed by atoms with Crippen LogP contribution in [0.3, 0.4) is 0 Å². The number of nitrogens with one attached hydrogen (secondary N) is 1. The molecule has 1 aromatic rings. The SMILES string of the molecule is CCC(C)C(=O)NCc1ccccc1CN1CCN(C)CC1. The van der Waals surface area contributed by atoms with E-state index in [2.05, 4.69) is 46.4 Å². The zero-order valence-corrected chi connectivity index (χ0v) is 14.1. The summed E-state index contributed by atoms with van der Waals surface area (Å²) in [7, 11) is 2.18. The molecule has 2 rings (SSSR count). The van der Waals surface area contributed by atoms with Gasteiger partial charge in [0.05, 0.1) is 0 Å². The van der Waals surface area contributed by atoms with Gasteiger partial charge in [0.15, 0.2) is 0 Å². The average Bonchev–Trinajstić information content (AvgIpc) is 2.55. The Labute approximate surface area is 134 Å². The third-order valence-corrected chi connectivity index (χ3v) is 4.62. The van der Waals surface area contributed by atoms with Crippen LogP contribution in [0.5, 0.6) is 0 Å². The molecule has 1 aromatic carbocycles. The molecule has 1 aliphatic rings. The topological polar surface area (TPSA) is 35.6 Å². The number of piperazine rings is 1. The Balaban J connectivity index is 1.93. The zero-order chi connectivity index (χ0) is 15.9. The number of hydrogen-bond acceptors (Lipinski definition) is 3. The molecule has 0 aromatic heterocycles. The lowest BCUT2D eigenvalue weighted by Gasteiger charge is -2.32. The van der Waals surface area contributed by atoms with E-state index >= 15 is 0 Å². The highest BCUT2D eigenvalue weighted by molar-refractivity contribution is 5.78. The van der Waals surface area contributed by atoms with Crippen LogP contribution in [0.1, 0.15) is 31.4 Å². The molecule has 4 nitrogen and oxygen atoms in total. The van der Waals surface area contributed by atoms with E-state index in [-0.39, 0.29) is 11.8 Å². The van der Waals surface area contributed by atoms with Gasteiger partial charge in [0.2, 0.25) is 5.91 Å². The summed E-state index contributed by atoms with van der Waals surface area (Å²) in [5.74, 6) is 0.238. The van der Waals surface area contributed by atoms with Crippen molar-refractivity contribution < 1.29 is 4.79 Å². The number of rotatable bonds is 6. The van der Waals surface area contributed by atoms with Gasteiger partial charge in [-0.2, -0.15) is 0 Å². The van der Waals surface area contributed by atoms with Gasteiger partial charge in [0.1, 0.15) is 0 Å². The van der Waals surface area contributed by atoms with Crippen LogP contribution >= 0.6 is 0 Å². The lowest BCUT2D eigenvalue weighted by molar-refractivity contribution is -0.124. The largest absolute Gasteiger partial charge is 0.352 e. The second kappa shape index (κ2) is 8.30. The van der Waals surface area contributed by atoms with E-state index in [1.807, 2.05) is 13.8 Å². The average molecular weight is 303 g/mol. The Kier molecular flexibility index (Phi) is 6.40. The van der Waals surface area contributed by atoms with E-state index in [4.69, 9.17) is 0 Å². The van der Waals surface area contributed by atoms with Crippen LogP contribution in [0, 0.1) is 5.92 Å². The summed E-state index contributed by atoms with van der Waals surface area (Å²) in [6.45, 7) is 10.1. The predicted octanol–water partition coefficient (Wildman–Crippen LogP) is 2.10. The van der Waals surface area contributed by atoms with Crippen molar-refractivity contribution in [3.8, 4) is 0 Å². The minimum absolute atomic E-state index is 0.0878. The minimum Gasteiger partial charge on any atom is -0.352 e. The lowest BCUT2D eigenvalue weighted by Crippen LogP contribution is -2.44. The standard InChI is InChI=1S/C18H29N3O/c1-4-15(2)18(22)19-13-16-7-5-6-8-17(16)14-21-11-9-20(3)10-12-21/h5-8,15H,4,9-14H2,1-3H3,(H,19,22). The molecule has 1 fully saturated rings. The first kappa shape index (κ1) is 17.0. The lowest BCUT2D eigenvalue weighted by atomic mass is 10.1. The first-order valence-corrected chi connectivity index (χ1v) is 8.35. The number of carbonyl (C=O) groups is 1. The van der Waals surface area contributed by atoms with E-state index in [1.54, 1.807) is 0 Å². The van der Waals surface area contributed by atoms with E-state index < -0.39 is 0 Å². The number of benzene rings is 1. The van der Waals surface area contributed by atoms with Crippen LogP contribution in [0.2, 0.25) is 0 Å². The van der Waals surface area contributed by atoms with Crippen LogP contribution < -0.4 is 5.32 Å². The molecule has 4 heteroatoms. The summed E-state index contributed by atoms with van der Waals surface area (Å²) >= 11 is 0. The summed E-state index contributed by atoms with van der Waals surface area (Å²) in [5.41, 5.74) is 2.56. The molecule has 1 amide bonds. The van der Waals surface area contributed by atoms with Crippen molar-refractivity contribution in [3.05, 3.63) is 35.4 Å². The number of nitrogens with zero attached hydrogens (tertiary/aromatic N) is 2. The van der Waals surface area contributed by atoms with Crippen molar-refractivity contribution >= 4 is 5.91 Å². The smallest absolute Gasteiger partial charge is 0.223 e. The van der Waals surface area contributed by atoms with Crippen LogP contribution in [-0.2, 0) is 17.9 Å². The normalized spacial score (nSPS) is 18.1. The summed E-state index contributed by atoms with van der Waals surface area (Å²) in [5, 5.41) is 3.07. The fraction of sp³-hybridized carbons (Fsp3) is 0.611. The summed E-state index contributed by atoms with van der Waals surface area (Å²) in [4.78, 5) is 16.8. The highest BCUT2D eigenvalue weighted by Crippen LogP contribution is 2.13. The fourth-order valence-corrected chi connectivity index (χ4v) is 2.67. The minimum atomic E-state index is 0.0878. The molecular formula is C18H29N3O. The third-order valence-electron chi connectivity index (χ3n) is 4.62. The Morgan fingerprint density at radius 3 is 2.45 bits per heavy atom. The molecule has 1 N–H and O–H groups in total. The highest BCUT2D eigenvalue weighted by Gasteiger charge is 2.16. The van der Waals surface area contributed by atoms with Gasteiger partial charge in [-0.05, 0) is 24.6 Å². The molecule has 1 saturated heterocycles. The van der Waals surface area contributed by atoms with Gasteiger partial charge < -0.3 is 10.2 Å². The number of likely N-dealkylation sites (N-methyl/N-ethyl adjacent to an activating group) is 1. The van der Waals surface area contributed by atoms with Crippen molar-refractivity contribution in [3.63, 3.8) is 0 Å². The molecular weight excluding hydrogens is 274 g/mol. The fourth-order valence-electron chi connectivity index (χ4n) is 2.67. The van der Waals surface area contributed by atoms with Crippen molar-refractivity contribution in [1.82, 2.24) is 15.1 Å². The Morgan fingerprint density at radius 1 is 1.18 bits per heavy atom. The molecule has 1 heterocycles. The van der Waals surface area contributed by atoms with Crippen LogP contribution in [0.4, 0.5) is 0 Å². The van der Waals surface area contributed by atoms with Crippen LogP contribution in [0.25, 0.3) is 0 Å². The molecule has 122 valence electrons. The predicted molar refractivity (Wildman–Crippen MR) is 90.5 cm³/mol. The maximum atomic E-state index is 12.0. The van der Waals surface area contributed by atoms with Crippen molar-refractivity contribution in [1.29, 1.82) is 0 Å². The van der Waals surface area contributed by atoms with Gasteiger partial charge in [-0.25, -0.2) is 0 Å². The second-order valence-electron chi connectivity index (χ2n) is 6.38. The first-order valence-electron chi connectivity index (χ1n) is 8.35. The molecule has 22 heavy (non-hydrogen) atoms. The van der Waals surface area contributed by atoms with Crippen molar-refractivity contribution in [2.75, 3.05) is 33.2 Å². The van der Waals surface area contributed by atoms with Crippen molar-refractivity contribution in [2.45, 2.75) is 33.4 Å². The number of hydrogen-bond donors (Lipinski definition) is 1. The molecule has 0 radical (unpaired) electrons. The summed E-state index contributed by atoms with van der Waals surface area (Å²) in [6, 6.07) is 8.45. The molecule has 0 spiro atoms. The van der Waals surface area contributed by atoms with Crippen LogP contribution in [-0.4, -0.2) is 48.9 Å². The number of amides is 1. The molecule has 0 bridgehead atoms. The van der Waals surface area contributed by atoms with Crippen molar-refractivity contribution in [2.24, 2.45) is 5.92 Å². The third kappa shape index (κ3) is 4.82. The molecule has 0 aliphatic carbocycles. The van der Waals surface area contributed by atoms with Crippen LogP contribution in [0.15, 0.2) is 24.3 Å². The Hall–Kier alpha value is -1.39. The number of carbonyl (C=O) groups excluding carboxylic acids is 1. The van der Waals surface area contributed by atoms with Gasteiger partial charge in [0, 0.05) is 45.2 Å². The highest BCUT2D eigenvalue weighted by atomic mass is 16.1. The van der Waals surface area contributed by atoms with Gasteiger partial charge >= 0.3 is 0 Å². The van der Waals surface area contributed by atoms with E-state index in [0.717, 1.165) is 39.1 Å². The van der Waals surface area contributed by atoms with E-state index in [9.17, 15) is 4.79 Å².